The zero-order valence-corrected chi connectivity index (χ0v) is 14.1. The van der Waals surface area contributed by atoms with Crippen molar-refractivity contribution < 1.29 is 4.79 Å². The molecule has 0 radical (unpaired) electrons. The molecule has 1 unspecified atom stereocenters. The highest BCUT2D eigenvalue weighted by molar-refractivity contribution is 8.21. The molecule has 3 heterocycles. The summed E-state index contributed by atoms with van der Waals surface area (Å²) >= 11 is 4.05. The number of carbonyl (C=O) groups is 1. The Morgan fingerprint density at radius 3 is 2.82 bits per heavy atom. The second kappa shape index (κ2) is 4.81. The first-order valence-corrected chi connectivity index (χ1v) is 10.1. The molecular formula is C18H19NOS2. The molecule has 1 saturated heterocycles. The number of rotatable bonds is 0. The minimum atomic E-state index is 0.106. The van der Waals surface area contributed by atoms with Crippen LogP contribution in [0.4, 0.5) is 0 Å². The summed E-state index contributed by atoms with van der Waals surface area (Å²) < 4.78 is 0.106. The number of Topliss-reactive ketones (excluding diaryl/α,β-unsaturated/α-hetero) is 1. The van der Waals surface area contributed by atoms with Crippen molar-refractivity contribution in [3.8, 4) is 0 Å². The number of allylic oxidation sites excluding steroid dienone is 1. The lowest BCUT2D eigenvalue weighted by Crippen LogP contribution is -2.41. The van der Waals surface area contributed by atoms with E-state index in [1.165, 1.54) is 33.9 Å². The van der Waals surface area contributed by atoms with E-state index in [9.17, 15) is 4.79 Å². The molecule has 2 nitrogen and oxygen atoms in total. The minimum Gasteiger partial charge on any atom is -0.367 e. The van der Waals surface area contributed by atoms with Gasteiger partial charge < -0.3 is 4.90 Å². The van der Waals surface area contributed by atoms with Crippen LogP contribution in [-0.4, -0.2) is 32.8 Å². The van der Waals surface area contributed by atoms with Gasteiger partial charge in [0.05, 0.1) is 10.1 Å². The van der Waals surface area contributed by atoms with Crippen LogP contribution in [0.15, 0.2) is 35.5 Å². The number of benzene rings is 1. The van der Waals surface area contributed by atoms with E-state index < -0.39 is 0 Å². The molecule has 22 heavy (non-hydrogen) atoms. The Balaban J connectivity index is 1.61. The normalized spacial score (nSPS) is 28.8. The zero-order valence-electron chi connectivity index (χ0n) is 12.5. The van der Waals surface area contributed by atoms with Gasteiger partial charge in [-0.1, -0.05) is 24.3 Å². The van der Waals surface area contributed by atoms with Gasteiger partial charge in [0.2, 0.25) is 0 Å². The molecule has 114 valence electrons. The molecule has 4 heteroatoms. The Hall–Kier alpha value is -0.870. The molecule has 0 N–H and O–H groups in total. The van der Waals surface area contributed by atoms with Crippen LogP contribution in [-0.2, 0) is 11.2 Å². The number of thioether (sulfide) groups is 2. The fourth-order valence-corrected chi connectivity index (χ4v) is 8.03. The third kappa shape index (κ3) is 1.74. The Bertz CT molecular complexity index is 690. The van der Waals surface area contributed by atoms with Gasteiger partial charge in [0.25, 0.3) is 0 Å². The molecule has 1 aromatic carbocycles. The first-order valence-electron chi connectivity index (χ1n) is 8.18. The summed E-state index contributed by atoms with van der Waals surface area (Å²) in [4.78, 5) is 15.6. The molecule has 4 aliphatic rings. The SMILES string of the molecule is O=C1CC2c3ccccc3CCN2C2=C1C1(CC2)SCCS1. The molecular weight excluding hydrogens is 310 g/mol. The largest absolute Gasteiger partial charge is 0.367 e. The van der Waals surface area contributed by atoms with E-state index in [2.05, 4.69) is 29.2 Å². The standard InChI is InChI=1S/C18H19NOS2/c20-16-11-15-13-4-2-1-3-12(13)6-8-19(15)14-5-7-18(17(14)16)21-9-10-22-18/h1-4,15H,5-11H2. The predicted molar refractivity (Wildman–Crippen MR) is 93.1 cm³/mol. The maximum atomic E-state index is 13.0. The van der Waals surface area contributed by atoms with Gasteiger partial charge in [0, 0.05) is 35.7 Å². The van der Waals surface area contributed by atoms with Crippen LogP contribution in [0.1, 0.15) is 36.4 Å². The van der Waals surface area contributed by atoms with Crippen molar-refractivity contribution in [2.75, 3.05) is 18.1 Å². The summed E-state index contributed by atoms with van der Waals surface area (Å²) in [6, 6.07) is 9.01. The molecule has 1 atom stereocenters. The topological polar surface area (TPSA) is 20.3 Å². The second-order valence-electron chi connectivity index (χ2n) is 6.56. The number of hydrogen-bond donors (Lipinski definition) is 0. The number of fused-ring (bicyclic) bond motifs is 5. The fraction of sp³-hybridized carbons (Fsp3) is 0.500. The lowest BCUT2D eigenvalue weighted by atomic mass is 9.85. The highest BCUT2D eigenvalue weighted by atomic mass is 32.2. The summed E-state index contributed by atoms with van der Waals surface area (Å²) in [7, 11) is 0. The summed E-state index contributed by atoms with van der Waals surface area (Å²) in [6.07, 6.45) is 4.05. The smallest absolute Gasteiger partial charge is 0.165 e. The third-order valence-electron chi connectivity index (χ3n) is 5.53. The Kier molecular flexibility index (Phi) is 2.97. The third-order valence-corrected chi connectivity index (χ3v) is 9.06. The van der Waals surface area contributed by atoms with E-state index in [1.54, 1.807) is 0 Å². The van der Waals surface area contributed by atoms with Crippen molar-refractivity contribution in [1.29, 1.82) is 0 Å². The van der Waals surface area contributed by atoms with Gasteiger partial charge in [-0.15, -0.1) is 23.5 Å². The first kappa shape index (κ1) is 13.6. The fourth-order valence-electron chi connectivity index (χ4n) is 4.63. The average molecular weight is 329 g/mol. The molecule has 1 spiro atoms. The second-order valence-corrected chi connectivity index (χ2v) is 9.60. The average Bonchev–Trinajstić information content (AvgIpc) is 3.16. The van der Waals surface area contributed by atoms with Gasteiger partial charge in [0.1, 0.15) is 0 Å². The lowest BCUT2D eigenvalue weighted by molar-refractivity contribution is -0.117. The summed E-state index contributed by atoms with van der Waals surface area (Å²) in [5.41, 5.74) is 5.41. The van der Waals surface area contributed by atoms with Gasteiger partial charge in [-0.3, -0.25) is 4.79 Å². The van der Waals surface area contributed by atoms with Crippen LogP contribution in [0.25, 0.3) is 0 Å². The van der Waals surface area contributed by atoms with Crippen molar-refractivity contribution in [3.63, 3.8) is 0 Å². The van der Waals surface area contributed by atoms with Crippen molar-refractivity contribution in [3.05, 3.63) is 46.7 Å². The molecule has 0 aromatic heterocycles. The predicted octanol–water partition coefficient (Wildman–Crippen LogP) is 3.78. The van der Waals surface area contributed by atoms with Gasteiger partial charge in [-0.2, -0.15) is 0 Å². The maximum absolute atomic E-state index is 13.0. The maximum Gasteiger partial charge on any atom is 0.165 e. The Labute approximate surface area is 139 Å². The van der Waals surface area contributed by atoms with Crippen LogP contribution in [0.2, 0.25) is 0 Å². The summed E-state index contributed by atoms with van der Waals surface area (Å²) in [5, 5.41) is 0. The Morgan fingerprint density at radius 1 is 1.14 bits per heavy atom. The molecule has 1 fully saturated rings. The van der Waals surface area contributed by atoms with E-state index in [0.29, 0.717) is 18.2 Å². The summed E-state index contributed by atoms with van der Waals surface area (Å²) in [6.45, 7) is 1.08. The Morgan fingerprint density at radius 2 is 1.95 bits per heavy atom. The van der Waals surface area contributed by atoms with Crippen molar-refractivity contribution in [1.82, 2.24) is 4.90 Å². The number of carbonyl (C=O) groups excluding carboxylic acids is 1. The van der Waals surface area contributed by atoms with Crippen LogP contribution >= 0.6 is 23.5 Å². The lowest BCUT2D eigenvalue weighted by Gasteiger charge is -2.43. The monoisotopic (exact) mass is 329 g/mol. The van der Waals surface area contributed by atoms with E-state index in [4.69, 9.17) is 0 Å². The van der Waals surface area contributed by atoms with Crippen molar-refractivity contribution in [2.45, 2.75) is 35.8 Å². The van der Waals surface area contributed by atoms with Crippen LogP contribution in [0, 0.1) is 0 Å². The highest BCUT2D eigenvalue weighted by Gasteiger charge is 2.52. The molecule has 1 aliphatic carbocycles. The van der Waals surface area contributed by atoms with Crippen molar-refractivity contribution >= 4 is 29.3 Å². The number of ketones is 1. The molecule has 0 bridgehead atoms. The quantitative estimate of drug-likeness (QED) is 0.721. The molecule has 5 rings (SSSR count). The molecule has 0 amide bonds. The zero-order chi connectivity index (χ0) is 14.7. The number of hydrogen-bond acceptors (Lipinski definition) is 4. The first-order chi connectivity index (χ1) is 10.8. The molecule has 1 aromatic rings. The molecule has 3 aliphatic heterocycles. The van der Waals surface area contributed by atoms with E-state index in [0.717, 1.165) is 25.8 Å². The van der Waals surface area contributed by atoms with Gasteiger partial charge in [-0.25, -0.2) is 0 Å². The summed E-state index contributed by atoms with van der Waals surface area (Å²) in [5.74, 6) is 2.81. The van der Waals surface area contributed by atoms with E-state index >= 15 is 0 Å². The van der Waals surface area contributed by atoms with Gasteiger partial charge in [0.15, 0.2) is 5.78 Å². The number of nitrogens with zero attached hydrogens (tertiary/aromatic N) is 1. The van der Waals surface area contributed by atoms with Crippen molar-refractivity contribution in [2.24, 2.45) is 0 Å². The van der Waals surface area contributed by atoms with Crippen LogP contribution < -0.4 is 0 Å². The van der Waals surface area contributed by atoms with Crippen LogP contribution in [0.5, 0.6) is 0 Å². The van der Waals surface area contributed by atoms with Crippen LogP contribution in [0.3, 0.4) is 0 Å². The minimum absolute atomic E-state index is 0.106. The van der Waals surface area contributed by atoms with E-state index in [1.807, 2.05) is 23.5 Å². The van der Waals surface area contributed by atoms with Gasteiger partial charge in [-0.05, 0) is 30.4 Å². The van der Waals surface area contributed by atoms with E-state index in [-0.39, 0.29) is 4.08 Å². The highest BCUT2D eigenvalue weighted by Crippen LogP contribution is 2.60. The molecule has 0 saturated carbocycles. The van der Waals surface area contributed by atoms with Gasteiger partial charge >= 0.3 is 0 Å².